The quantitative estimate of drug-likeness (QED) is 0.804. The van der Waals surface area contributed by atoms with Crippen LogP contribution in [0.2, 0.25) is 0 Å². The number of anilines is 1. The van der Waals surface area contributed by atoms with E-state index in [1.807, 2.05) is 0 Å². The van der Waals surface area contributed by atoms with Gasteiger partial charge in [-0.25, -0.2) is 4.79 Å². The minimum Gasteiger partial charge on any atom is -0.359 e. The molecule has 0 saturated carbocycles. The van der Waals surface area contributed by atoms with Crippen molar-refractivity contribution >= 4 is 11.8 Å². The Hall–Kier alpha value is -1.52. The van der Waals surface area contributed by atoms with Crippen LogP contribution in [0.15, 0.2) is 10.6 Å². The van der Waals surface area contributed by atoms with Crippen LogP contribution in [0, 0.1) is 0 Å². The van der Waals surface area contributed by atoms with Gasteiger partial charge in [0.05, 0.1) is 0 Å². The number of aromatic nitrogens is 1. The van der Waals surface area contributed by atoms with Crippen LogP contribution in [0.5, 0.6) is 0 Å². The third-order valence-electron chi connectivity index (χ3n) is 2.53. The Morgan fingerprint density at radius 2 is 2.27 bits per heavy atom. The number of carbonyl (C=O) groups is 1. The molecule has 0 radical (unpaired) electrons. The molecule has 0 aromatic carbocycles. The molecule has 0 spiro atoms. The summed E-state index contributed by atoms with van der Waals surface area (Å²) in [6.45, 7) is 6.21. The van der Waals surface area contributed by atoms with E-state index in [4.69, 9.17) is 4.52 Å². The summed E-state index contributed by atoms with van der Waals surface area (Å²) in [7, 11) is 1.55. The van der Waals surface area contributed by atoms with Crippen LogP contribution >= 0.6 is 0 Å². The van der Waals surface area contributed by atoms with E-state index in [-0.39, 0.29) is 11.4 Å². The van der Waals surface area contributed by atoms with Crippen molar-refractivity contribution in [2.24, 2.45) is 0 Å². The summed E-state index contributed by atoms with van der Waals surface area (Å²) in [5, 5.41) is 8.77. The van der Waals surface area contributed by atoms with Gasteiger partial charge in [-0.2, -0.15) is 0 Å². The van der Waals surface area contributed by atoms with Gasteiger partial charge in [0.2, 0.25) is 0 Å². The lowest BCUT2D eigenvalue weighted by atomic mass is 9.87. The summed E-state index contributed by atoms with van der Waals surface area (Å²) in [6, 6.07) is 1.45. The van der Waals surface area contributed by atoms with Gasteiger partial charge in [0.1, 0.15) is 5.76 Å². The number of hydrogen-bond donors (Lipinski definition) is 2. The maximum absolute atomic E-state index is 11.0. The normalized spacial score (nSPS) is 11.2. The third kappa shape index (κ3) is 2.71. The molecule has 1 aromatic rings. The monoisotopic (exact) mass is 211 g/mol. The van der Waals surface area contributed by atoms with Crippen LogP contribution in [-0.4, -0.2) is 18.2 Å². The van der Waals surface area contributed by atoms with Gasteiger partial charge in [-0.3, -0.25) is 5.32 Å². The lowest BCUT2D eigenvalue weighted by Crippen LogP contribution is -2.24. The van der Waals surface area contributed by atoms with E-state index in [0.29, 0.717) is 5.82 Å². The lowest BCUT2D eigenvalue weighted by Gasteiger charge is -2.17. The molecule has 0 atom stereocenters. The molecule has 84 valence electrons. The molecule has 2 amide bonds. The highest BCUT2D eigenvalue weighted by atomic mass is 16.5. The Morgan fingerprint density at radius 3 is 2.80 bits per heavy atom. The first-order chi connectivity index (χ1) is 6.99. The smallest absolute Gasteiger partial charge is 0.320 e. The van der Waals surface area contributed by atoms with Gasteiger partial charge in [-0.1, -0.05) is 25.9 Å². The summed E-state index contributed by atoms with van der Waals surface area (Å²) in [4.78, 5) is 11.0. The number of urea groups is 1. The van der Waals surface area contributed by atoms with Gasteiger partial charge in [0, 0.05) is 18.5 Å². The molecule has 0 saturated heterocycles. The highest BCUT2D eigenvalue weighted by Crippen LogP contribution is 2.28. The number of hydrogen-bond acceptors (Lipinski definition) is 3. The van der Waals surface area contributed by atoms with Crippen molar-refractivity contribution in [1.82, 2.24) is 10.5 Å². The fourth-order valence-corrected chi connectivity index (χ4v) is 1.01. The third-order valence-corrected chi connectivity index (χ3v) is 2.53. The van der Waals surface area contributed by atoms with Gasteiger partial charge in [-0.05, 0) is 6.42 Å². The van der Waals surface area contributed by atoms with Crippen molar-refractivity contribution in [3.05, 3.63) is 11.8 Å². The van der Waals surface area contributed by atoms with Gasteiger partial charge in [0.25, 0.3) is 0 Å². The van der Waals surface area contributed by atoms with E-state index in [1.165, 1.54) is 0 Å². The summed E-state index contributed by atoms with van der Waals surface area (Å²) in [5.41, 5.74) is -0.0599. The Balaban J connectivity index is 2.76. The Kier molecular flexibility index (Phi) is 3.34. The van der Waals surface area contributed by atoms with E-state index in [2.05, 4.69) is 36.6 Å². The summed E-state index contributed by atoms with van der Waals surface area (Å²) in [6.07, 6.45) is 0.946. The molecule has 1 heterocycles. The lowest BCUT2D eigenvalue weighted by molar-refractivity contribution is 0.253. The maximum atomic E-state index is 11.0. The summed E-state index contributed by atoms with van der Waals surface area (Å²) in [5.74, 6) is 1.21. The fourth-order valence-electron chi connectivity index (χ4n) is 1.01. The standard InChI is InChI=1S/C10H17N3O2/c1-5-10(2,3)7-6-8(13-15-7)12-9(14)11-4/h6H,5H2,1-4H3,(H2,11,12,13,14). The molecular weight excluding hydrogens is 194 g/mol. The zero-order chi connectivity index (χ0) is 11.5. The van der Waals surface area contributed by atoms with Crippen LogP contribution in [0.3, 0.4) is 0 Å². The maximum Gasteiger partial charge on any atom is 0.320 e. The van der Waals surface area contributed by atoms with Crippen LogP contribution in [0.25, 0.3) is 0 Å². The van der Waals surface area contributed by atoms with Crippen LogP contribution < -0.4 is 10.6 Å². The summed E-state index contributed by atoms with van der Waals surface area (Å²) >= 11 is 0. The fraction of sp³-hybridized carbons (Fsp3) is 0.600. The van der Waals surface area contributed by atoms with Crippen molar-refractivity contribution in [3.63, 3.8) is 0 Å². The Labute approximate surface area is 89.2 Å². The second-order valence-electron chi connectivity index (χ2n) is 4.02. The number of carbonyl (C=O) groups excluding carboxylic acids is 1. The molecular formula is C10H17N3O2. The highest BCUT2D eigenvalue weighted by Gasteiger charge is 2.23. The van der Waals surface area contributed by atoms with Crippen molar-refractivity contribution in [3.8, 4) is 0 Å². The van der Waals surface area contributed by atoms with Gasteiger partial charge >= 0.3 is 6.03 Å². The molecule has 0 aliphatic rings. The molecule has 1 rings (SSSR count). The largest absolute Gasteiger partial charge is 0.359 e. The highest BCUT2D eigenvalue weighted by molar-refractivity contribution is 5.87. The predicted molar refractivity (Wildman–Crippen MR) is 57.9 cm³/mol. The second-order valence-corrected chi connectivity index (χ2v) is 4.02. The Morgan fingerprint density at radius 1 is 1.60 bits per heavy atom. The number of rotatable bonds is 3. The number of nitrogens with one attached hydrogen (secondary N) is 2. The zero-order valence-electron chi connectivity index (χ0n) is 9.55. The average Bonchev–Trinajstić information content (AvgIpc) is 2.66. The molecule has 0 bridgehead atoms. The molecule has 5 heteroatoms. The average molecular weight is 211 g/mol. The second kappa shape index (κ2) is 4.33. The molecule has 15 heavy (non-hydrogen) atoms. The molecule has 0 unspecified atom stereocenters. The first kappa shape index (κ1) is 11.6. The molecule has 0 aliphatic heterocycles. The van der Waals surface area contributed by atoms with Crippen molar-refractivity contribution in [1.29, 1.82) is 0 Å². The SMILES string of the molecule is CCC(C)(C)c1cc(NC(=O)NC)no1. The van der Waals surface area contributed by atoms with E-state index in [0.717, 1.165) is 12.2 Å². The van der Waals surface area contributed by atoms with Crippen molar-refractivity contribution < 1.29 is 9.32 Å². The van der Waals surface area contributed by atoms with Gasteiger partial charge in [-0.15, -0.1) is 0 Å². The molecule has 0 aliphatic carbocycles. The molecule has 0 fully saturated rings. The first-order valence-corrected chi connectivity index (χ1v) is 4.95. The molecule has 1 aromatic heterocycles. The van der Waals surface area contributed by atoms with Crippen molar-refractivity contribution in [2.45, 2.75) is 32.6 Å². The first-order valence-electron chi connectivity index (χ1n) is 4.95. The molecule has 5 nitrogen and oxygen atoms in total. The number of nitrogens with zero attached hydrogens (tertiary/aromatic N) is 1. The molecule has 2 N–H and O–H groups in total. The van der Waals surface area contributed by atoms with E-state index in [9.17, 15) is 4.79 Å². The van der Waals surface area contributed by atoms with E-state index < -0.39 is 0 Å². The van der Waals surface area contributed by atoms with E-state index >= 15 is 0 Å². The predicted octanol–water partition coefficient (Wildman–Crippen LogP) is 2.11. The topological polar surface area (TPSA) is 67.2 Å². The van der Waals surface area contributed by atoms with Crippen LogP contribution in [0.4, 0.5) is 10.6 Å². The zero-order valence-corrected chi connectivity index (χ0v) is 9.55. The van der Waals surface area contributed by atoms with Crippen molar-refractivity contribution in [2.75, 3.05) is 12.4 Å². The minimum atomic E-state index is -0.302. The van der Waals surface area contributed by atoms with Crippen LogP contribution in [0.1, 0.15) is 33.0 Å². The summed E-state index contributed by atoms with van der Waals surface area (Å²) < 4.78 is 5.17. The van der Waals surface area contributed by atoms with Gasteiger partial charge in [0.15, 0.2) is 5.82 Å². The van der Waals surface area contributed by atoms with Gasteiger partial charge < -0.3 is 9.84 Å². The van der Waals surface area contributed by atoms with Crippen LogP contribution in [-0.2, 0) is 5.41 Å². The minimum absolute atomic E-state index is 0.0599. The number of amides is 2. The Bertz CT molecular complexity index is 344. The van der Waals surface area contributed by atoms with E-state index in [1.54, 1.807) is 13.1 Å².